The van der Waals surface area contributed by atoms with Crippen LogP contribution in [-0.4, -0.2) is 11.8 Å². The molecule has 0 aliphatic rings. The van der Waals surface area contributed by atoms with Crippen LogP contribution < -0.4 is 5.32 Å². The zero-order valence-electron chi connectivity index (χ0n) is 10.8. The van der Waals surface area contributed by atoms with Gasteiger partial charge in [-0.25, -0.2) is 0 Å². The van der Waals surface area contributed by atoms with E-state index >= 15 is 0 Å². The lowest BCUT2D eigenvalue weighted by Gasteiger charge is -2.05. The second-order valence-corrected chi connectivity index (χ2v) is 4.73. The molecule has 0 atom stereocenters. The number of hydrogen-bond acceptors (Lipinski definition) is 2. The maximum absolute atomic E-state index is 11.3. The zero-order valence-corrected chi connectivity index (χ0v) is 10.8. The van der Waals surface area contributed by atoms with Crippen molar-refractivity contribution in [2.75, 3.05) is 0 Å². The van der Waals surface area contributed by atoms with E-state index in [-0.39, 0.29) is 11.8 Å². The number of carbonyl (C=O) groups excluding carboxylic acids is 2. The standard InChI is InChI=1S/C13H25NO2/c1-4-5-6-7-8-9-12(15)14-13(16)10-11(2)3/h11H,4-10H2,1-3H3,(H,14,15,16). The van der Waals surface area contributed by atoms with Crippen molar-refractivity contribution in [1.29, 1.82) is 0 Å². The van der Waals surface area contributed by atoms with E-state index in [0.29, 0.717) is 18.8 Å². The third-order valence-electron chi connectivity index (χ3n) is 2.38. The third kappa shape index (κ3) is 9.69. The molecule has 0 rings (SSSR count). The van der Waals surface area contributed by atoms with Crippen molar-refractivity contribution >= 4 is 11.8 Å². The molecule has 0 bridgehead atoms. The second-order valence-electron chi connectivity index (χ2n) is 4.73. The Morgan fingerprint density at radius 3 is 2.19 bits per heavy atom. The fourth-order valence-corrected chi connectivity index (χ4v) is 1.53. The molecule has 16 heavy (non-hydrogen) atoms. The summed E-state index contributed by atoms with van der Waals surface area (Å²) in [5.41, 5.74) is 0. The molecule has 0 aromatic carbocycles. The molecule has 94 valence electrons. The van der Waals surface area contributed by atoms with Gasteiger partial charge in [-0.05, 0) is 12.3 Å². The molecule has 3 nitrogen and oxygen atoms in total. The predicted molar refractivity (Wildman–Crippen MR) is 66.0 cm³/mol. The van der Waals surface area contributed by atoms with E-state index in [1.807, 2.05) is 13.8 Å². The smallest absolute Gasteiger partial charge is 0.226 e. The Hall–Kier alpha value is -0.860. The summed E-state index contributed by atoms with van der Waals surface area (Å²) in [6.45, 7) is 6.10. The molecule has 2 amide bonds. The number of carbonyl (C=O) groups is 2. The summed E-state index contributed by atoms with van der Waals surface area (Å²) >= 11 is 0. The van der Waals surface area contributed by atoms with Crippen molar-refractivity contribution in [3.63, 3.8) is 0 Å². The highest BCUT2D eigenvalue weighted by molar-refractivity contribution is 5.95. The Morgan fingerprint density at radius 2 is 1.62 bits per heavy atom. The van der Waals surface area contributed by atoms with Gasteiger partial charge in [-0.3, -0.25) is 14.9 Å². The highest BCUT2D eigenvalue weighted by Gasteiger charge is 2.08. The van der Waals surface area contributed by atoms with Crippen LogP contribution in [0.4, 0.5) is 0 Å². The SMILES string of the molecule is CCCCCCCC(=O)NC(=O)CC(C)C. The summed E-state index contributed by atoms with van der Waals surface area (Å²) in [6, 6.07) is 0. The van der Waals surface area contributed by atoms with Crippen molar-refractivity contribution < 1.29 is 9.59 Å². The minimum Gasteiger partial charge on any atom is -0.296 e. The molecule has 0 saturated carbocycles. The first kappa shape index (κ1) is 15.1. The van der Waals surface area contributed by atoms with Crippen molar-refractivity contribution in [1.82, 2.24) is 5.32 Å². The lowest BCUT2D eigenvalue weighted by molar-refractivity contribution is -0.130. The molecule has 0 fully saturated rings. The predicted octanol–water partition coefficient (Wildman–Crippen LogP) is 3.04. The van der Waals surface area contributed by atoms with Crippen molar-refractivity contribution in [3.8, 4) is 0 Å². The maximum Gasteiger partial charge on any atom is 0.226 e. The van der Waals surface area contributed by atoms with E-state index in [2.05, 4.69) is 12.2 Å². The number of nitrogens with one attached hydrogen (secondary N) is 1. The molecule has 0 aliphatic carbocycles. The molecule has 0 aliphatic heterocycles. The molecule has 0 saturated heterocycles. The minimum atomic E-state index is -0.145. The van der Waals surface area contributed by atoms with Crippen molar-refractivity contribution in [2.45, 2.75) is 65.7 Å². The Balaban J connectivity index is 3.47. The summed E-state index contributed by atoms with van der Waals surface area (Å²) in [6.07, 6.45) is 6.51. The Labute approximate surface area is 99.0 Å². The molecule has 0 unspecified atom stereocenters. The Kier molecular flexibility index (Phi) is 8.87. The first-order chi connectivity index (χ1) is 7.56. The van der Waals surface area contributed by atoms with Gasteiger partial charge in [0.2, 0.25) is 11.8 Å². The quantitative estimate of drug-likeness (QED) is 0.648. The first-order valence-corrected chi connectivity index (χ1v) is 6.39. The fraction of sp³-hybridized carbons (Fsp3) is 0.846. The van der Waals surface area contributed by atoms with E-state index in [1.54, 1.807) is 0 Å². The second kappa shape index (κ2) is 9.37. The van der Waals surface area contributed by atoms with E-state index in [4.69, 9.17) is 0 Å². The maximum atomic E-state index is 11.3. The van der Waals surface area contributed by atoms with Gasteiger partial charge in [-0.1, -0.05) is 46.5 Å². The monoisotopic (exact) mass is 227 g/mol. The van der Waals surface area contributed by atoms with Crippen molar-refractivity contribution in [3.05, 3.63) is 0 Å². The van der Waals surface area contributed by atoms with Gasteiger partial charge in [0.15, 0.2) is 0 Å². The summed E-state index contributed by atoms with van der Waals surface area (Å²) in [5.74, 6) is 0.0352. The molecule has 1 N–H and O–H groups in total. The number of amides is 2. The van der Waals surface area contributed by atoms with Gasteiger partial charge >= 0.3 is 0 Å². The normalized spacial score (nSPS) is 10.5. The average molecular weight is 227 g/mol. The lowest BCUT2D eigenvalue weighted by atomic mass is 10.1. The number of unbranched alkanes of at least 4 members (excludes halogenated alkanes) is 4. The van der Waals surface area contributed by atoms with Gasteiger partial charge in [0.25, 0.3) is 0 Å². The Bertz CT molecular complexity index is 212. The van der Waals surface area contributed by atoms with E-state index in [1.165, 1.54) is 19.3 Å². The first-order valence-electron chi connectivity index (χ1n) is 6.39. The van der Waals surface area contributed by atoms with Crippen LogP contribution in [0.15, 0.2) is 0 Å². The van der Waals surface area contributed by atoms with Gasteiger partial charge in [0, 0.05) is 12.8 Å². The summed E-state index contributed by atoms with van der Waals surface area (Å²) < 4.78 is 0. The average Bonchev–Trinajstić information content (AvgIpc) is 2.15. The lowest BCUT2D eigenvalue weighted by Crippen LogP contribution is -2.30. The molecule has 3 heteroatoms. The van der Waals surface area contributed by atoms with E-state index in [0.717, 1.165) is 12.8 Å². The van der Waals surface area contributed by atoms with Crippen molar-refractivity contribution in [2.24, 2.45) is 5.92 Å². The van der Waals surface area contributed by atoms with Gasteiger partial charge in [0.1, 0.15) is 0 Å². The molecule has 0 aromatic heterocycles. The molecule has 0 aromatic rings. The molecule has 0 heterocycles. The van der Waals surface area contributed by atoms with Crippen LogP contribution in [0, 0.1) is 5.92 Å². The summed E-state index contributed by atoms with van der Waals surface area (Å²) in [5, 5.41) is 2.42. The topological polar surface area (TPSA) is 46.2 Å². The van der Waals surface area contributed by atoms with E-state index < -0.39 is 0 Å². The summed E-state index contributed by atoms with van der Waals surface area (Å²) in [7, 11) is 0. The molecule has 0 spiro atoms. The zero-order chi connectivity index (χ0) is 12.4. The number of rotatable bonds is 8. The van der Waals surface area contributed by atoms with Crippen LogP contribution in [0.1, 0.15) is 65.7 Å². The van der Waals surface area contributed by atoms with Gasteiger partial charge in [-0.2, -0.15) is 0 Å². The van der Waals surface area contributed by atoms with Gasteiger partial charge < -0.3 is 0 Å². The van der Waals surface area contributed by atoms with Crippen LogP contribution in [0.25, 0.3) is 0 Å². The third-order valence-corrected chi connectivity index (χ3v) is 2.38. The Morgan fingerprint density at radius 1 is 1.00 bits per heavy atom. The molecular weight excluding hydrogens is 202 g/mol. The largest absolute Gasteiger partial charge is 0.296 e. The van der Waals surface area contributed by atoms with Crippen LogP contribution in [0.5, 0.6) is 0 Å². The highest BCUT2D eigenvalue weighted by Crippen LogP contribution is 2.05. The van der Waals surface area contributed by atoms with Gasteiger partial charge in [-0.15, -0.1) is 0 Å². The van der Waals surface area contributed by atoms with Crippen LogP contribution in [-0.2, 0) is 9.59 Å². The highest BCUT2D eigenvalue weighted by atomic mass is 16.2. The summed E-state index contributed by atoms with van der Waals surface area (Å²) in [4.78, 5) is 22.6. The van der Waals surface area contributed by atoms with Crippen LogP contribution >= 0.6 is 0 Å². The molecule has 0 radical (unpaired) electrons. The van der Waals surface area contributed by atoms with Crippen LogP contribution in [0.2, 0.25) is 0 Å². The van der Waals surface area contributed by atoms with Gasteiger partial charge in [0.05, 0.1) is 0 Å². The van der Waals surface area contributed by atoms with Crippen LogP contribution in [0.3, 0.4) is 0 Å². The number of hydrogen-bond donors (Lipinski definition) is 1. The minimum absolute atomic E-state index is 0.123. The molecular formula is C13H25NO2. The van der Waals surface area contributed by atoms with E-state index in [9.17, 15) is 9.59 Å². The number of imide groups is 1. The fourth-order valence-electron chi connectivity index (χ4n) is 1.53.